The molecule has 0 spiro atoms. The highest BCUT2D eigenvalue weighted by Crippen LogP contribution is 2.18. The van der Waals surface area contributed by atoms with Crippen molar-refractivity contribution in [1.29, 1.82) is 0 Å². The Bertz CT molecular complexity index is 206. The van der Waals surface area contributed by atoms with Gasteiger partial charge in [-0.3, -0.25) is 4.79 Å². The van der Waals surface area contributed by atoms with Gasteiger partial charge in [-0.05, 0) is 20.3 Å². The zero-order valence-corrected chi connectivity index (χ0v) is 7.18. The number of rotatable bonds is 1. The zero-order chi connectivity index (χ0) is 8.48. The van der Waals surface area contributed by atoms with Gasteiger partial charge in [0.25, 0.3) is 5.91 Å². The molecule has 1 aliphatic heterocycles. The molecule has 3 heteroatoms. The molecule has 0 radical (unpaired) electrons. The molecule has 1 rings (SSSR count). The van der Waals surface area contributed by atoms with Crippen LogP contribution in [0.1, 0.15) is 27.2 Å². The summed E-state index contributed by atoms with van der Waals surface area (Å²) >= 11 is 0. The van der Waals surface area contributed by atoms with Crippen LogP contribution in [0.15, 0.2) is 4.99 Å². The highest BCUT2D eigenvalue weighted by atomic mass is 16.5. The molecule has 0 N–H and O–H groups in total. The van der Waals surface area contributed by atoms with Crippen LogP contribution in [-0.2, 0) is 9.53 Å². The Morgan fingerprint density at radius 2 is 2.27 bits per heavy atom. The van der Waals surface area contributed by atoms with Crippen LogP contribution in [0.3, 0.4) is 0 Å². The molecule has 0 bridgehead atoms. The molecular weight excluding hydrogens is 142 g/mol. The summed E-state index contributed by atoms with van der Waals surface area (Å²) in [5.41, 5.74) is 0.497. The summed E-state index contributed by atoms with van der Waals surface area (Å²) in [5, 5.41) is 0. The van der Waals surface area contributed by atoms with E-state index in [0.29, 0.717) is 0 Å². The molecule has 0 fully saturated rings. The lowest BCUT2D eigenvalue weighted by Gasteiger charge is -2.29. The number of ether oxygens (including phenoxy) is 1. The predicted octanol–water partition coefficient (Wildman–Crippen LogP) is 1.17. The average molecular weight is 155 g/mol. The van der Waals surface area contributed by atoms with Gasteiger partial charge in [-0.25, -0.2) is 4.99 Å². The molecule has 3 nitrogen and oxygen atoms in total. The van der Waals surface area contributed by atoms with Crippen LogP contribution in [-0.4, -0.2) is 23.8 Å². The Morgan fingerprint density at radius 3 is 2.73 bits per heavy atom. The summed E-state index contributed by atoms with van der Waals surface area (Å²) in [5.74, 6) is -0.166. The fourth-order valence-electron chi connectivity index (χ4n) is 1.15. The van der Waals surface area contributed by atoms with Crippen molar-refractivity contribution in [1.82, 2.24) is 0 Å². The number of hydrogen-bond donors (Lipinski definition) is 0. The number of nitrogens with zero attached hydrogens (tertiary/aromatic N) is 1. The maximum atomic E-state index is 10.8. The van der Waals surface area contributed by atoms with Crippen LogP contribution in [0.2, 0.25) is 0 Å². The Labute approximate surface area is 66.5 Å². The molecule has 11 heavy (non-hydrogen) atoms. The summed E-state index contributed by atoms with van der Waals surface area (Å²) in [7, 11) is 0. The van der Waals surface area contributed by atoms with Gasteiger partial charge in [0, 0.05) is 0 Å². The summed E-state index contributed by atoms with van der Waals surface area (Å²) in [6, 6.07) is 0. The largest absolute Gasteiger partial charge is 0.360 e. The van der Waals surface area contributed by atoms with Gasteiger partial charge in [0.15, 0.2) is 0 Å². The average Bonchev–Trinajstić information content (AvgIpc) is 1.94. The van der Waals surface area contributed by atoms with Gasteiger partial charge in [0.05, 0.1) is 5.71 Å². The molecule has 1 aliphatic rings. The minimum absolute atomic E-state index is 0.122. The van der Waals surface area contributed by atoms with E-state index in [2.05, 4.69) is 4.99 Å². The Morgan fingerprint density at radius 1 is 1.64 bits per heavy atom. The first kappa shape index (κ1) is 8.40. The monoisotopic (exact) mass is 155 g/mol. The molecule has 0 unspecified atom stereocenters. The predicted molar refractivity (Wildman–Crippen MR) is 42.8 cm³/mol. The van der Waals surface area contributed by atoms with E-state index < -0.39 is 0 Å². The van der Waals surface area contributed by atoms with Crippen LogP contribution in [0, 0.1) is 0 Å². The Kier molecular flexibility index (Phi) is 2.09. The first-order valence-electron chi connectivity index (χ1n) is 3.81. The van der Waals surface area contributed by atoms with E-state index in [1.807, 2.05) is 20.8 Å². The van der Waals surface area contributed by atoms with Gasteiger partial charge >= 0.3 is 0 Å². The second kappa shape index (κ2) is 2.74. The molecule has 0 aromatic carbocycles. The van der Waals surface area contributed by atoms with Crippen molar-refractivity contribution in [2.24, 2.45) is 4.99 Å². The van der Waals surface area contributed by atoms with Crippen molar-refractivity contribution in [3.05, 3.63) is 0 Å². The Balaban J connectivity index is 2.89. The molecule has 0 saturated heterocycles. The van der Waals surface area contributed by atoms with Gasteiger partial charge in [0.1, 0.15) is 12.2 Å². The van der Waals surface area contributed by atoms with Crippen molar-refractivity contribution in [2.75, 3.05) is 6.61 Å². The third-order valence-electron chi connectivity index (χ3n) is 1.85. The summed E-state index contributed by atoms with van der Waals surface area (Å²) < 4.78 is 5.30. The third kappa shape index (κ3) is 1.66. The van der Waals surface area contributed by atoms with E-state index in [0.717, 1.165) is 12.1 Å². The minimum atomic E-state index is -0.345. The second-order valence-corrected chi connectivity index (χ2v) is 3.10. The van der Waals surface area contributed by atoms with E-state index in [1.165, 1.54) is 0 Å². The normalized spacial score (nSPS) is 23.2. The van der Waals surface area contributed by atoms with Gasteiger partial charge in [-0.15, -0.1) is 0 Å². The smallest absolute Gasteiger partial charge is 0.271 e. The molecule has 1 amide bonds. The maximum absolute atomic E-state index is 10.8. The van der Waals surface area contributed by atoms with Crippen LogP contribution in [0.5, 0.6) is 0 Å². The first-order chi connectivity index (χ1) is 5.06. The quantitative estimate of drug-likeness (QED) is 0.570. The van der Waals surface area contributed by atoms with Gasteiger partial charge in [-0.1, -0.05) is 6.92 Å². The molecule has 0 aromatic rings. The zero-order valence-electron chi connectivity index (χ0n) is 7.18. The lowest BCUT2D eigenvalue weighted by atomic mass is 9.99. The third-order valence-corrected chi connectivity index (χ3v) is 1.85. The Hall–Kier alpha value is -0.700. The van der Waals surface area contributed by atoms with Crippen LogP contribution in [0.4, 0.5) is 0 Å². The maximum Gasteiger partial charge on any atom is 0.271 e. The van der Waals surface area contributed by atoms with Crippen molar-refractivity contribution in [2.45, 2.75) is 32.8 Å². The van der Waals surface area contributed by atoms with Crippen molar-refractivity contribution in [3.63, 3.8) is 0 Å². The first-order valence-corrected chi connectivity index (χ1v) is 3.81. The lowest BCUT2D eigenvalue weighted by Crippen LogP contribution is -2.40. The van der Waals surface area contributed by atoms with Crippen molar-refractivity contribution < 1.29 is 9.53 Å². The van der Waals surface area contributed by atoms with Crippen LogP contribution >= 0.6 is 0 Å². The standard InChI is InChI=1S/C8H13NO2/c1-4-6-8(2,3)11-5-7(10)9-6/h4-5H2,1-3H3. The number of hydrogen-bond acceptors (Lipinski definition) is 2. The molecule has 0 saturated carbocycles. The second-order valence-electron chi connectivity index (χ2n) is 3.10. The van der Waals surface area contributed by atoms with Gasteiger partial charge in [0.2, 0.25) is 0 Å². The topological polar surface area (TPSA) is 38.7 Å². The minimum Gasteiger partial charge on any atom is -0.360 e. The number of carbonyl (C=O) groups excluding carboxylic acids is 1. The highest BCUT2D eigenvalue weighted by Gasteiger charge is 2.29. The van der Waals surface area contributed by atoms with E-state index in [4.69, 9.17) is 4.74 Å². The molecular formula is C8H13NO2. The number of aliphatic imine (C=N–C) groups is 1. The fraction of sp³-hybridized carbons (Fsp3) is 0.750. The number of carbonyl (C=O) groups is 1. The molecule has 62 valence electrons. The number of amides is 1. The van der Waals surface area contributed by atoms with Crippen LogP contribution < -0.4 is 0 Å². The van der Waals surface area contributed by atoms with Crippen molar-refractivity contribution in [3.8, 4) is 0 Å². The molecule has 0 aliphatic carbocycles. The molecule has 0 aromatic heterocycles. The molecule has 0 atom stereocenters. The fourth-order valence-corrected chi connectivity index (χ4v) is 1.15. The van der Waals surface area contributed by atoms with E-state index in [9.17, 15) is 4.79 Å². The summed E-state index contributed by atoms with van der Waals surface area (Å²) in [6.45, 7) is 5.96. The van der Waals surface area contributed by atoms with E-state index in [1.54, 1.807) is 0 Å². The van der Waals surface area contributed by atoms with Gasteiger partial charge < -0.3 is 4.74 Å². The van der Waals surface area contributed by atoms with E-state index in [-0.39, 0.29) is 18.1 Å². The van der Waals surface area contributed by atoms with Crippen molar-refractivity contribution >= 4 is 11.6 Å². The highest BCUT2D eigenvalue weighted by molar-refractivity contribution is 6.02. The lowest BCUT2D eigenvalue weighted by molar-refractivity contribution is -0.127. The summed E-state index contributed by atoms with van der Waals surface area (Å²) in [6.07, 6.45) is 0.777. The van der Waals surface area contributed by atoms with Gasteiger partial charge in [-0.2, -0.15) is 0 Å². The molecule has 1 heterocycles. The summed E-state index contributed by atoms with van der Waals surface area (Å²) in [4.78, 5) is 14.7. The SMILES string of the molecule is CCC1=NC(=O)COC1(C)C. The van der Waals surface area contributed by atoms with Crippen LogP contribution in [0.25, 0.3) is 0 Å². The van der Waals surface area contributed by atoms with E-state index >= 15 is 0 Å².